The lowest BCUT2D eigenvalue weighted by molar-refractivity contribution is 0.0696. The molecular weight excluding hydrogens is 254 g/mol. The molecule has 0 aliphatic heterocycles. The summed E-state index contributed by atoms with van der Waals surface area (Å²) in [6, 6.07) is 4.40. The molecule has 2 aromatic heterocycles. The number of carboxylic acid groups (broad SMARTS) is 1. The predicted molar refractivity (Wildman–Crippen MR) is 64.9 cm³/mol. The van der Waals surface area contributed by atoms with Crippen LogP contribution in [0.5, 0.6) is 0 Å². The van der Waals surface area contributed by atoms with Crippen LogP contribution in [0.1, 0.15) is 16.2 Å². The topological polar surface area (TPSA) is 95.9 Å². The van der Waals surface area contributed by atoms with E-state index in [1.165, 1.54) is 30.1 Å². The van der Waals surface area contributed by atoms with Gasteiger partial charge >= 0.3 is 5.97 Å². The molecule has 0 aliphatic rings. The van der Waals surface area contributed by atoms with Crippen molar-refractivity contribution in [2.75, 3.05) is 0 Å². The van der Waals surface area contributed by atoms with Gasteiger partial charge in [-0.3, -0.25) is 4.79 Å². The average Bonchev–Trinajstić information content (AvgIpc) is 2.28. The van der Waals surface area contributed by atoms with Crippen LogP contribution >= 0.6 is 11.8 Å². The molecule has 0 amide bonds. The number of H-pyrrole nitrogens is 1. The Morgan fingerprint density at radius 3 is 2.72 bits per heavy atom. The number of carboxylic acids is 1. The summed E-state index contributed by atoms with van der Waals surface area (Å²) >= 11 is 1.20. The number of rotatable bonds is 3. The van der Waals surface area contributed by atoms with E-state index in [9.17, 15) is 9.59 Å². The van der Waals surface area contributed by atoms with Crippen LogP contribution < -0.4 is 5.56 Å². The van der Waals surface area contributed by atoms with E-state index in [0.717, 1.165) is 0 Å². The van der Waals surface area contributed by atoms with E-state index in [4.69, 9.17) is 5.11 Å². The fraction of sp³-hybridized carbons (Fsp3) is 0.0909. The van der Waals surface area contributed by atoms with Gasteiger partial charge in [0.05, 0.1) is 5.56 Å². The van der Waals surface area contributed by atoms with Crippen LogP contribution in [-0.4, -0.2) is 26.0 Å². The SMILES string of the molecule is Cc1nc(Sc2ccc(C(=O)O)cn2)cc(=O)[nH]1. The van der Waals surface area contributed by atoms with E-state index >= 15 is 0 Å². The molecule has 2 N–H and O–H groups in total. The number of carbonyl (C=O) groups is 1. The second-order valence-electron chi connectivity index (χ2n) is 3.46. The summed E-state index contributed by atoms with van der Waals surface area (Å²) in [5.74, 6) is -0.503. The molecule has 18 heavy (non-hydrogen) atoms. The van der Waals surface area contributed by atoms with Crippen LogP contribution in [0.25, 0.3) is 0 Å². The lowest BCUT2D eigenvalue weighted by atomic mass is 10.3. The van der Waals surface area contributed by atoms with Gasteiger partial charge in [0.1, 0.15) is 15.9 Å². The molecule has 0 radical (unpaired) electrons. The first kappa shape index (κ1) is 12.3. The van der Waals surface area contributed by atoms with E-state index in [1.54, 1.807) is 13.0 Å². The van der Waals surface area contributed by atoms with Gasteiger partial charge in [0, 0.05) is 12.3 Å². The molecule has 0 fully saturated rings. The molecule has 0 atom stereocenters. The summed E-state index contributed by atoms with van der Waals surface area (Å²) in [4.78, 5) is 32.6. The number of aromatic amines is 1. The third kappa shape index (κ3) is 2.95. The van der Waals surface area contributed by atoms with Gasteiger partial charge in [0.15, 0.2) is 0 Å². The Hall–Kier alpha value is -2.15. The lowest BCUT2D eigenvalue weighted by Crippen LogP contribution is -2.08. The molecule has 2 aromatic rings. The number of nitrogens with zero attached hydrogens (tertiary/aromatic N) is 2. The average molecular weight is 263 g/mol. The summed E-state index contributed by atoms with van der Waals surface area (Å²) in [7, 11) is 0. The maximum absolute atomic E-state index is 11.2. The smallest absolute Gasteiger partial charge is 0.337 e. The van der Waals surface area contributed by atoms with Gasteiger partial charge in [-0.05, 0) is 30.8 Å². The minimum Gasteiger partial charge on any atom is -0.478 e. The molecule has 0 saturated carbocycles. The molecular formula is C11H9N3O3S. The van der Waals surface area contributed by atoms with Crippen molar-refractivity contribution in [3.63, 3.8) is 0 Å². The molecule has 0 unspecified atom stereocenters. The fourth-order valence-corrected chi connectivity index (χ4v) is 2.08. The highest BCUT2D eigenvalue weighted by molar-refractivity contribution is 7.99. The van der Waals surface area contributed by atoms with Crippen LogP contribution in [0.4, 0.5) is 0 Å². The number of nitrogens with one attached hydrogen (secondary N) is 1. The second kappa shape index (κ2) is 5.01. The summed E-state index contributed by atoms with van der Waals surface area (Å²) in [5.41, 5.74) is -0.110. The van der Waals surface area contributed by atoms with Crippen LogP contribution in [0.3, 0.4) is 0 Å². The number of pyridine rings is 1. The zero-order valence-corrected chi connectivity index (χ0v) is 10.2. The minimum atomic E-state index is -1.02. The number of hydrogen-bond donors (Lipinski definition) is 2. The highest BCUT2D eigenvalue weighted by atomic mass is 32.2. The molecule has 2 heterocycles. The van der Waals surface area contributed by atoms with Crippen molar-refractivity contribution in [1.82, 2.24) is 15.0 Å². The summed E-state index contributed by atoms with van der Waals surface area (Å²) in [6.07, 6.45) is 1.27. The Bertz CT molecular complexity index is 637. The maximum Gasteiger partial charge on any atom is 0.337 e. The normalized spacial score (nSPS) is 10.3. The third-order valence-corrected chi connectivity index (χ3v) is 2.90. The van der Waals surface area contributed by atoms with Crippen LogP contribution in [0.2, 0.25) is 0 Å². The van der Waals surface area contributed by atoms with Gasteiger partial charge in [-0.2, -0.15) is 0 Å². The fourth-order valence-electron chi connectivity index (χ4n) is 1.28. The summed E-state index contributed by atoms with van der Waals surface area (Å²) in [5, 5.41) is 9.83. The van der Waals surface area contributed by atoms with Gasteiger partial charge in [-0.1, -0.05) is 0 Å². The lowest BCUT2D eigenvalue weighted by Gasteiger charge is -2.01. The van der Waals surface area contributed by atoms with E-state index in [2.05, 4.69) is 15.0 Å². The number of aromatic carboxylic acids is 1. The van der Waals surface area contributed by atoms with E-state index in [0.29, 0.717) is 15.9 Å². The molecule has 0 aliphatic carbocycles. The number of aryl methyl sites for hydroxylation is 1. The monoisotopic (exact) mass is 263 g/mol. The molecule has 0 spiro atoms. The highest BCUT2D eigenvalue weighted by Crippen LogP contribution is 2.22. The molecule has 0 saturated heterocycles. The zero-order valence-electron chi connectivity index (χ0n) is 9.38. The maximum atomic E-state index is 11.2. The summed E-state index contributed by atoms with van der Waals surface area (Å²) < 4.78 is 0. The Labute approximate surface area is 106 Å². The molecule has 7 heteroatoms. The van der Waals surface area contributed by atoms with Crippen molar-refractivity contribution in [1.29, 1.82) is 0 Å². The van der Waals surface area contributed by atoms with Crippen molar-refractivity contribution >= 4 is 17.7 Å². The largest absolute Gasteiger partial charge is 0.478 e. The predicted octanol–water partition coefficient (Wildman–Crippen LogP) is 1.32. The summed E-state index contributed by atoms with van der Waals surface area (Å²) in [6.45, 7) is 1.69. The Balaban J connectivity index is 2.23. The van der Waals surface area contributed by atoms with Crippen molar-refractivity contribution in [3.8, 4) is 0 Å². The van der Waals surface area contributed by atoms with Crippen molar-refractivity contribution in [3.05, 3.63) is 46.1 Å². The van der Waals surface area contributed by atoms with Crippen LogP contribution in [0.15, 0.2) is 39.2 Å². The number of aromatic nitrogens is 3. The van der Waals surface area contributed by atoms with Crippen LogP contribution in [-0.2, 0) is 0 Å². The third-order valence-electron chi connectivity index (χ3n) is 2.03. The second-order valence-corrected chi connectivity index (χ2v) is 4.50. The van der Waals surface area contributed by atoms with Gasteiger partial charge in [-0.15, -0.1) is 0 Å². The Morgan fingerprint density at radius 1 is 1.39 bits per heavy atom. The first-order chi connectivity index (χ1) is 8.54. The van der Waals surface area contributed by atoms with E-state index < -0.39 is 5.97 Å². The van der Waals surface area contributed by atoms with Gasteiger partial charge in [0.2, 0.25) is 0 Å². The standard InChI is InChI=1S/C11H9N3O3S/c1-6-13-8(15)4-10(14-6)18-9-3-2-7(5-12-9)11(16)17/h2-5H,1H3,(H,16,17)(H,13,14,15). The van der Waals surface area contributed by atoms with Crippen molar-refractivity contribution < 1.29 is 9.90 Å². The van der Waals surface area contributed by atoms with Crippen LogP contribution in [0, 0.1) is 6.92 Å². The zero-order chi connectivity index (χ0) is 13.1. The first-order valence-corrected chi connectivity index (χ1v) is 5.81. The molecule has 92 valence electrons. The molecule has 6 nitrogen and oxygen atoms in total. The molecule has 0 aromatic carbocycles. The molecule has 0 bridgehead atoms. The van der Waals surface area contributed by atoms with E-state index in [-0.39, 0.29) is 11.1 Å². The van der Waals surface area contributed by atoms with Gasteiger partial charge in [-0.25, -0.2) is 14.8 Å². The van der Waals surface area contributed by atoms with Gasteiger partial charge in [0.25, 0.3) is 5.56 Å². The van der Waals surface area contributed by atoms with E-state index in [1.807, 2.05) is 0 Å². The molecule has 2 rings (SSSR count). The first-order valence-electron chi connectivity index (χ1n) is 5.00. The highest BCUT2D eigenvalue weighted by Gasteiger charge is 2.05. The number of hydrogen-bond acceptors (Lipinski definition) is 5. The Morgan fingerprint density at radius 2 is 2.17 bits per heavy atom. The quantitative estimate of drug-likeness (QED) is 0.811. The van der Waals surface area contributed by atoms with Gasteiger partial charge < -0.3 is 10.1 Å². The van der Waals surface area contributed by atoms with Crippen molar-refractivity contribution in [2.45, 2.75) is 17.0 Å². The minimum absolute atomic E-state index is 0.120. The van der Waals surface area contributed by atoms with Crippen molar-refractivity contribution in [2.24, 2.45) is 0 Å². The Kier molecular flexibility index (Phi) is 3.42.